The van der Waals surface area contributed by atoms with Crippen LogP contribution in [0.15, 0.2) is 24.6 Å². The Morgan fingerprint density at radius 3 is 2.82 bits per heavy atom. The maximum atomic E-state index is 9.19. The maximum Gasteiger partial charge on any atom is 0.166 e. The van der Waals surface area contributed by atoms with E-state index in [1.165, 1.54) is 6.42 Å². The number of aliphatic hydroxyl groups excluding tert-OH is 1. The molecule has 1 aliphatic heterocycles. The molecule has 0 saturated carbocycles. The van der Waals surface area contributed by atoms with Gasteiger partial charge in [-0.05, 0) is 26.2 Å². The fourth-order valence-corrected chi connectivity index (χ4v) is 2.51. The molecule has 0 fully saturated rings. The lowest BCUT2D eigenvalue weighted by Gasteiger charge is -2.36. The van der Waals surface area contributed by atoms with Gasteiger partial charge in [0.05, 0.1) is 19.4 Å². The van der Waals surface area contributed by atoms with Crippen molar-refractivity contribution in [1.82, 2.24) is 5.32 Å². The van der Waals surface area contributed by atoms with Crippen molar-refractivity contribution in [2.45, 2.75) is 45.7 Å². The number of aliphatic hydroxyl groups is 1. The van der Waals surface area contributed by atoms with E-state index in [1.807, 2.05) is 6.20 Å². The zero-order chi connectivity index (χ0) is 12.6. The van der Waals surface area contributed by atoms with Gasteiger partial charge in [-0.2, -0.15) is 0 Å². The van der Waals surface area contributed by atoms with Crippen LogP contribution in [0.4, 0.5) is 0 Å². The molecule has 3 nitrogen and oxygen atoms in total. The minimum absolute atomic E-state index is 0.256. The van der Waals surface area contributed by atoms with Crippen molar-refractivity contribution in [3.8, 4) is 0 Å². The molecule has 0 saturated heterocycles. The molecule has 17 heavy (non-hydrogen) atoms. The van der Waals surface area contributed by atoms with E-state index in [9.17, 15) is 5.11 Å². The molecular formula is C14H27N2O+. The number of nitrogens with zero attached hydrogens (tertiary/aromatic N) is 1. The first-order valence-corrected chi connectivity index (χ1v) is 6.85. The average Bonchev–Trinajstić information content (AvgIpc) is 2.73. The zero-order valence-electron chi connectivity index (χ0n) is 11.2. The van der Waals surface area contributed by atoms with Crippen LogP contribution in [0.3, 0.4) is 0 Å². The fraction of sp³-hybridized carbons (Fsp3) is 0.714. The lowest BCUT2D eigenvalue weighted by atomic mass is 10.1. The number of hydrogen-bond acceptors (Lipinski definition) is 2. The average molecular weight is 239 g/mol. The summed E-state index contributed by atoms with van der Waals surface area (Å²) in [5, 5.41) is 12.6. The van der Waals surface area contributed by atoms with Gasteiger partial charge in [-0.3, -0.25) is 4.48 Å². The molecule has 98 valence electrons. The summed E-state index contributed by atoms with van der Waals surface area (Å²) in [6, 6.07) is 0. The molecular weight excluding hydrogens is 212 g/mol. The summed E-state index contributed by atoms with van der Waals surface area (Å²) in [5.74, 6) is 0. The van der Waals surface area contributed by atoms with Gasteiger partial charge >= 0.3 is 0 Å². The number of unbranched alkanes of at least 4 members (excludes halogenated alkanes) is 1. The third-order valence-electron chi connectivity index (χ3n) is 3.64. The number of likely N-dealkylation sites (N-methyl/N-ethyl adjacent to an activating group) is 1. The Labute approximate surface area is 105 Å². The van der Waals surface area contributed by atoms with Gasteiger partial charge in [-0.1, -0.05) is 19.1 Å². The monoisotopic (exact) mass is 239 g/mol. The zero-order valence-corrected chi connectivity index (χ0v) is 11.2. The van der Waals surface area contributed by atoms with Crippen LogP contribution in [-0.4, -0.2) is 35.5 Å². The predicted molar refractivity (Wildman–Crippen MR) is 72.1 cm³/mol. The van der Waals surface area contributed by atoms with Crippen molar-refractivity contribution in [2.24, 2.45) is 0 Å². The highest BCUT2D eigenvalue weighted by atomic mass is 16.3. The molecule has 1 rings (SSSR count). The molecule has 3 heteroatoms. The van der Waals surface area contributed by atoms with Crippen LogP contribution in [0.1, 0.15) is 39.5 Å². The first-order valence-electron chi connectivity index (χ1n) is 6.85. The Balaban J connectivity index is 2.39. The van der Waals surface area contributed by atoms with Crippen molar-refractivity contribution >= 4 is 0 Å². The molecule has 1 aliphatic rings. The van der Waals surface area contributed by atoms with Gasteiger partial charge in [-0.15, -0.1) is 0 Å². The van der Waals surface area contributed by atoms with Crippen LogP contribution >= 0.6 is 0 Å². The highest BCUT2D eigenvalue weighted by Crippen LogP contribution is 2.22. The van der Waals surface area contributed by atoms with Gasteiger partial charge in [0.2, 0.25) is 0 Å². The second-order valence-corrected chi connectivity index (χ2v) is 4.68. The van der Waals surface area contributed by atoms with E-state index in [-0.39, 0.29) is 6.61 Å². The largest absolute Gasteiger partial charge is 0.390 e. The molecule has 0 amide bonds. The van der Waals surface area contributed by atoms with Gasteiger partial charge in [0.15, 0.2) is 6.17 Å². The summed E-state index contributed by atoms with van der Waals surface area (Å²) in [5.41, 5.74) is 0. The molecule has 0 aliphatic carbocycles. The van der Waals surface area contributed by atoms with E-state index in [1.54, 1.807) is 0 Å². The number of hydrogen-bond donors (Lipinski definition) is 2. The summed E-state index contributed by atoms with van der Waals surface area (Å²) in [7, 11) is 0. The third kappa shape index (κ3) is 3.86. The van der Waals surface area contributed by atoms with E-state index in [0.717, 1.165) is 36.8 Å². The van der Waals surface area contributed by atoms with Crippen LogP contribution in [0, 0.1) is 0 Å². The fourth-order valence-electron chi connectivity index (χ4n) is 2.51. The SMILES string of the molecule is CC/C=C/CCCC1NC=C[N+]1(CC)CCO. The minimum Gasteiger partial charge on any atom is -0.390 e. The molecule has 1 heterocycles. The topological polar surface area (TPSA) is 32.3 Å². The Morgan fingerprint density at radius 1 is 1.35 bits per heavy atom. The first kappa shape index (κ1) is 14.3. The smallest absolute Gasteiger partial charge is 0.166 e. The van der Waals surface area contributed by atoms with E-state index in [0.29, 0.717) is 6.17 Å². The lowest BCUT2D eigenvalue weighted by Crippen LogP contribution is -2.54. The molecule has 0 radical (unpaired) electrons. The first-order chi connectivity index (χ1) is 8.29. The highest BCUT2D eigenvalue weighted by Gasteiger charge is 2.35. The standard InChI is InChI=1S/C14H27N2O/c1-3-5-6-7-8-9-14-15-10-11-16(14,4-2)12-13-17/h5-6,10-11,14-15,17H,3-4,7-9,12-13H2,1-2H3/q+1/b6-5+. The van der Waals surface area contributed by atoms with E-state index >= 15 is 0 Å². The Bertz CT molecular complexity index is 263. The van der Waals surface area contributed by atoms with Crippen LogP contribution in [-0.2, 0) is 0 Å². The Hall–Kier alpha value is -0.800. The van der Waals surface area contributed by atoms with Gasteiger partial charge < -0.3 is 10.4 Å². The Morgan fingerprint density at radius 2 is 2.18 bits per heavy atom. The summed E-state index contributed by atoms with van der Waals surface area (Å²) in [6.07, 6.45) is 13.9. The molecule has 0 aromatic heterocycles. The van der Waals surface area contributed by atoms with Gasteiger partial charge in [-0.25, -0.2) is 0 Å². The highest BCUT2D eigenvalue weighted by molar-refractivity contribution is 4.85. The number of quaternary nitrogens is 1. The van der Waals surface area contributed by atoms with Gasteiger partial charge in [0.1, 0.15) is 12.7 Å². The minimum atomic E-state index is 0.256. The number of allylic oxidation sites excluding steroid dienone is 2. The van der Waals surface area contributed by atoms with E-state index in [2.05, 4.69) is 37.5 Å². The van der Waals surface area contributed by atoms with Crippen LogP contribution in [0.5, 0.6) is 0 Å². The lowest BCUT2D eigenvalue weighted by molar-refractivity contribution is -0.900. The number of rotatable bonds is 8. The molecule has 2 N–H and O–H groups in total. The summed E-state index contributed by atoms with van der Waals surface area (Å²) >= 11 is 0. The van der Waals surface area contributed by atoms with Gasteiger partial charge in [0.25, 0.3) is 0 Å². The maximum absolute atomic E-state index is 9.19. The van der Waals surface area contributed by atoms with Gasteiger partial charge in [0, 0.05) is 6.42 Å². The molecule has 0 bridgehead atoms. The van der Waals surface area contributed by atoms with Crippen molar-refractivity contribution < 1.29 is 9.59 Å². The Kier molecular flexibility index (Phi) is 6.30. The third-order valence-corrected chi connectivity index (χ3v) is 3.64. The quantitative estimate of drug-likeness (QED) is 0.387. The van der Waals surface area contributed by atoms with Crippen LogP contribution in [0.2, 0.25) is 0 Å². The normalized spacial score (nSPS) is 27.8. The van der Waals surface area contributed by atoms with Crippen molar-refractivity contribution in [2.75, 3.05) is 19.7 Å². The van der Waals surface area contributed by atoms with Crippen molar-refractivity contribution in [1.29, 1.82) is 0 Å². The molecule has 2 atom stereocenters. The summed E-state index contributed by atoms with van der Waals surface area (Å²) in [6.45, 7) is 6.47. The van der Waals surface area contributed by atoms with Crippen LogP contribution in [0.25, 0.3) is 0 Å². The van der Waals surface area contributed by atoms with Crippen molar-refractivity contribution in [3.05, 3.63) is 24.6 Å². The summed E-state index contributed by atoms with van der Waals surface area (Å²) < 4.78 is 0.883. The summed E-state index contributed by atoms with van der Waals surface area (Å²) in [4.78, 5) is 0. The number of nitrogens with one attached hydrogen (secondary N) is 1. The predicted octanol–water partition coefficient (Wildman–Crippen LogP) is 2.35. The van der Waals surface area contributed by atoms with E-state index < -0.39 is 0 Å². The second-order valence-electron chi connectivity index (χ2n) is 4.68. The molecule has 0 aromatic rings. The van der Waals surface area contributed by atoms with Crippen LogP contribution < -0.4 is 5.32 Å². The molecule has 2 unspecified atom stereocenters. The van der Waals surface area contributed by atoms with Crippen molar-refractivity contribution in [3.63, 3.8) is 0 Å². The van der Waals surface area contributed by atoms with E-state index in [4.69, 9.17) is 0 Å². The second kappa shape index (κ2) is 7.51. The molecule has 0 spiro atoms. The molecule has 0 aromatic carbocycles.